The number of rotatable bonds is 7. The molecule has 2 rings (SSSR count). The molecule has 0 atom stereocenters. The highest BCUT2D eigenvalue weighted by Gasteiger charge is 2.11. The maximum absolute atomic E-state index is 11.5. The predicted octanol–water partition coefficient (Wildman–Crippen LogP) is 0.598. The number of benzene rings is 1. The lowest BCUT2D eigenvalue weighted by atomic mass is 10.3. The zero-order valence-corrected chi connectivity index (χ0v) is 11.0. The van der Waals surface area contributed by atoms with Gasteiger partial charge in [-0.2, -0.15) is 0 Å². The van der Waals surface area contributed by atoms with E-state index in [4.69, 9.17) is 14.6 Å². The Morgan fingerprint density at radius 3 is 2.62 bits per heavy atom. The van der Waals surface area contributed by atoms with E-state index < -0.39 is 11.9 Å². The number of carbonyl (C=O) groups is 2. The number of hydrogen-bond donors (Lipinski definition) is 1. The van der Waals surface area contributed by atoms with Crippen molar-refractivity contribution in [3.8, 4) is 5.75 Å². The molecule has 0 aliphatic carbocycles. The summed E-state index contributed by atoms with van der Waals surface area (Å²) in [6.45, 7) is 0.118. The summed E-state index contributed by atoms with van der Waals surface area (Å²) in [5, 5.41) is 15.6. The first-order valence-corrected chi connectivity index (χ1v) is 6.12. The van der Waals surface area contributed by atoms with Gasteiger partial charge in [0.05, 0.1) is 6.20 Å². The van der Waals surface area contributed by atoms with Crippen LogP contribution < -0.4 is 4.74 Å². The standard InChI is InChI=1S/C13H13N3O5/c17-12(9-16-8-11(13(18)19)14-15-16)21-7-6-20-10-4-2-1-3-5-10/h1-5,8H,6-7,9H2,(H,18,19). The molecule has 8 heteroatoms. The second-order valence-electron chi connectivity index (χ2n) is 3.99. The zero-order chi connectivity index (χ0) is 15.1. The number of carboxylic acids is 1. The Bertz CT molecular complexity index is 611. The Hall–Kier alpha value is -2.90. The third-order valence-corrected chi connectivity index (χ3v) is 2.41. The molecule has 0 aliphatic rings. The average molecular weight is 291 g/mol. The number of hydrogen-bond acceptors (Lipinski definition) is 6. The van der Waals surface area contributed by atoms with Crippen LogP contribution >= 0.6 is 0 Å². The van der Waals surface area contributed by atoms with Gasteiger partial charge in [0.25, 0.3) is 0 Å². The number of para-hydroxylation sites is 1. The van der Waals surface area contributed by atoms with E-state index in [1.165, 1.54) is 0 Å². The zero-order valence-electron chi connectivity index (χ0n) is 11.0. The van der Waals surface area contributed by atoms with Crippen LogP contribution in [0.15, 0.2) is 36.5 Å². The number of carbonyl (C=O) groups excluding carboxylic acids is 1. The van der Waals surface area contributed by atoms with Gasteiger partial charge in [-0.05, 0) is 12.1 Å². The molecule has 0 fully saturated rings. The lowest BCUT2D eigenvalue weighted by molar-refractivity contribution is -0.145. The number of aromatic carboxylic acids is 1. The summed E-state index contributed by atoms with van der Waals surface area (Å²) < 4.78 is 11.4. The fourth-order valence-electron chi connectivity index (χ4n) is 1.48. The lowest BCUT2D eigenvalue weighted by Gasteiger charge is -2.07. The van der Waals surface area contributed by atoms with E-state index in [1.807, 2.05) is 18.2 Å². The fourth-order valence-corrected chi connectivity index (χ4v) is 1.48. The number of esters is 1. The van der Waals surface area contributed by atoms with Crippen LogP contribution in [0, 0.1) is 0 Å². The Morgan fingerprint density at radius 1 is 1.19 bits per heavy atom. The summed E-state index contributed by atoms with van der Waals surface area (Å²) in [5.41, 5.74) is -0.227. The number of carboxylic acid groups (broad SMARTS) is 1. The van der Waals surface area contributed by atoms with Gasteiger partial charge in [-0.15, -0.1) is 5.10 Å². The Labute approximate surface area is 119 Å². The van der Waals surface area contributed by atoms with Crippen molar-refractivity contribution in [2.45, 2.75) is 6.54 Å². The highest BCUT2D eigenvalue weighted by atomic mass is 16.6. The first-order valence-electron chi connectivity index (χ1n) is 6.12. The first kappa shape index (κ1) is 14.5. The number of ether oxygens (including phenoxy) is 2. The molecular formula is C13H13N3O5. The second kappa shape index (κ2) is 7.04. The molecule has 8 nitrogen and oxygen atoms in total. The van der Waals surface area contributed by atoms with E-state index in [9.17, 15) is 9.59 Å². The Balaban J connectivity index is 1.68. The molecule has 1 N–H and O–H groups in total. The van der Waals surface area contributed by atoms with E-state index in [2.05, 4.69) is 10.3 Å². The molecule has 110 valence electrons. The van der Waals surface area contributed by atoms with Crippen LogP contribution in [-0.2, 0) is 16.1 Å². The van der Waals surface area contributed by atoms with Gasteiger partial charge in [-0.1, -0.05) is 23.4 Å². The molecule has 21 heavy (non-hydrogen) atoms. The van der Waals surface area contributed by atoms with E-state index in [-0.39, 0.29) is 25.5 Å². The van der Waals surface area contributed by atoms with Gasteiger partial charge in [-0.3, -0.25) is 4.79 Å². The number of nitrogens with zero attached hydrogens (tertiary/aromatic N) is 3. The van der Waals surface area contributed by atoms with Crippen molar-refractivity contribution in [2.24, 2.45) is 0 Å². The average Bonchev–Trinajstić information content (AvgIpc) is 2.93. The summed E-state index contributed by atoms with van der Waals surface area (Å²) in [6.07, 6.45) is 1.16. The molecule has 2 aromatic rings. The third kappa shape index (κ3) is 4.60. The minimum absolute atomic E-state index is 0.0915. The normalized spacial score (nSPS) is 10.1. The van der Waals surface area contributed by atoms with Crippen molar-refractivity contribution < 1.29 is 24.2 Å². The largest absolute Gasteiger partial charge is 0.490 e. The summed E-state index contributed by atoms with van der Waals surface area (Å²) >= 11 is 0. The van der Waals surface area contributed by atoms with Crippen molar-refractivity contribution in [2.75, 3.05) is 13.2 Å². The minimum Gasteiger partial charge on any atom is -0.490 e. The van der Waals surface area contributed by atoms with E-state index in [0.29, 0.717) is 5.75 Å². The van der Waals surface area contributed by atoms with E-state index in [0.717, 1.165) is 10.9 Å². The quantitative estimate of drug-likeness (QED) is 0.588. The van der Waals surface area contributed by atoms with Crippen LogP contribution in [-0.4, -0.2) is 45.3 Å². The molecular weight excluding hydrogens is 278 g/mol. The summed E-state index contributed by atoms with van der Waals surface area (Å²) in [7, 11) is 0. The molecule has 0 unspecified atom stereocenters. The van der Waals surface area contributed by atoms with Gasteiger partial charge in [-0.25, -0.2) is 9.48 Å². The molecule has 0 bridgehead atoms. The molecule has 1 aromatic heterocycles. The van der Waals surface area contributed by atoms with Crippen LogP contribution in [0.5, 0.6) is 5.75 Å². The van der Waals surface area contributed by atoms with Gasteiger partial charge in [0, 0.05) is 0 Å². The highest BCUT2D eigenvalue weighted by Crippen LogP contribution is 2.07. The van der Waals surface area contributed by atoms with Crippen molar-refractivity contribution in [3.63, 3.8) is 0 Å². The van der Waals surface area contributed by atoms with Crippen molar-refractivity contribution >= 4 is 11.9 Å². The Kier molecular flexibility index (Phi) is 4.86. The molecule has 1 heterocycles. The van der Waals surface area contributed by atoms with E-state index >= 15 is 0 Å². The van der Waals surface area contributed by atoms with Crippen LogP contribution in [0.3, 0.4) is 0 Å². The minimum atomic E-state index is -1.20. The van der Waals surface area contributed by atoms with Gasteiger partial charge in [0.2, 0.25) is 0 Å². The fraction of sp³-hybridized carbons (Fsp3) is 0.231. The first-order chi connectivity index (χ1) is 10.1. The molecule has 0 amide bonds. The van der Waals surface area contributed by atoms with E-state index in [1.54, 1.807) is 12.1 Å². The SMILES string of the molecule is O=C(Cn1cc(C(=O)O)nn1)OCCOc1ccccc1. The molecule has 1 aromatic carbocycles. The maximum Gasteiger partial charge on any atom is 0.358 e. The summed E-state index contributed by atoms with van der Waals surface area (Å²) in [4.78, 5) is 22.1. The smallest absolute Gasteiger partial charge is 0.358 e. The molecule has 0 saturated heterocycles. The van der Waals surface area contributed by atoms with Crippen molar-refractivity contribution in [3.05, 3.63) is 42.2 Å². The van der Waals surface area contributed by atoms with Gasteiger partial charge < -0.3 is 14.6 Å². The molecule has 0 spiro atoms. The Morgan fingerprint density at radius 2 is 1.95 bits per heavy atom. The van der Waals surface area contributed by atoms with Crippen LogP contribution in [0.2, 0.25) is 0 Å². The molecule has 0 aliphatic heterocycles. The topological polar surface area (TPSA) is 104 Å². The van der Waals surface area contributed by atoms with Crippen molar-refractivity contribution in [1.82, 2.24) is 15.0 Å². The van der Waals surface area contributed by atoms with Gasteiger partial charge >= 0.3 is 11.9 Å². The van der Waals surface area contributed by atoms with Crippen LogP contribution in [0.1, 0.15) is 10.5 Å². The molecule has 0 saturated carbocycles. The highest BCUT2D eigenvalue weighted by molar-refractivity contribution is 5.84. The number of aromatic nitrogens is 3. The lowest BCUT2D eigenvalue weighted by Crippen LogP contribution is -2.17. The second-order valence-corrected chi connectivity index (χ2v) is 3.99. The van der Waals surface area contributed by atoms with Crippen LogP contribution in [0.4, 0.5) is 0 Å². The predicted molar refractivity (Wildman–Crippen MR) is 69.9 cm³/mol. The monoisotopic (exact) mass is 291 g/mol. The third-order valence-electron chi connectivity index (χ3n) is 2.41. The van der Waals surface area contributed by atoms with Gasteiger partial charge in [0.15, 0.2) is 5.69 Å². The molecule has 0 radical (unpaired) electrons. The summed E-state index contributed by atoms with van der Waals surface area (Å²) in [6, 6.07) is 9.14. The van der Waals surface area contributed by atoms with Crippen LogP contribution in [0.25, 0.3) is 0 Å². The summed E-state index contributed by atoms with van der Waals surface area (Å²) in [5.74, 6) is -1.06. The van der Waals surface area contributed by atoms with Gasteiger partial charge in [0.1, 0.15) is 25.5 Å². The maximum atomic E-state index is 11.5. The van der Waals surface area contributed by atoms with Crippen molar-refractivity contribution in [1.29, 1.82) is 0 Å².